The Labute approximate surface area is 122 Å². The Hall–Kier alpha value is -2.49. The molecule has 0 spiro atoms. The first kappa shape index (κ1) is 13.5. The highest BCUT2D eigenvalue weighted by molar-refractivity contribution is 5.98. The number of nitro benzene ring substituents is 1. The summed E-state index contributed by atoms with van der Waals surface area (Å²) in [6.07, 6.45) is 2.51. The molecule has 2 aromatic rings. The second kappa shape index (κ2) is 5.48. The molecule has 0 radical (unpaired) electrons. The number of Topliss-reactive ketones (excluding diaryl/α,β-unsaturated/α-hetero) is 1. The Balaban J connectivity index is 1.79. The highest BCUT2D eigenvalue weighted by Gasteiger charge is 2.25. The van der Waals surface area contributed by atoms with Gasteiger partial charge in [0.2, 0.25) is 0 Å². The van der Waals surface area contributed by atoms with Crippen LogP contribution in [0.15, 0.2) is 48.5 Å². The first-order chi connectivity index (χ1) is 10.1. The first-order valence-electron chi connectivity index (χ1n) is 7.00. The van der Waals surface area contributed by atoms with Gasteiger partial charge in [-0.25, -0.2) is 0 Å². The maximum atomic E-state index is 12.5. The van der Waals surface area contributed by atoms with Gasteiger partial charge in [-0.3, -0.25) is 14.9 Å². The Morgan fingerprint density at radius 3 is 2.38 bits per heavy atom. The number of rotatable bonds is 3. The minimum absolute atomic E-state index is 0.0144. The summed E-state index contributed by atoms with van der Waals surface area (Å²) in [5.41, 5.74) is 3.14. The van der Waals surface area contributed by atoms with Gasteiger partial charge in [-0.2, -0.15) is 0 Å². The van der Waals surface area contributed by atoms with Gasteiger partial charge in [0.15, 0.2) is 5.78 Å². The number of fused-ring (bicyclic) bond motifs is 1. The Morgan fingerprint density at radius 1 is 1.05 bits per heavy atom. The lowest BCUT2D eigenvalue weighted by molar-refractivity contribution is -0.384. The van der Waals surface area contributed by atoms with Crippen LogP contribution in [-0.2, 0) is 12.8 Å². The van der Waals surface area contributed by atoms with Crippen molar-refractivity contribution in [3.05, 3.63) is 75.3 Å². The standard InChI is InChI=1S/C17H15NO3/c19-17(13-7-9-16(10-8-13)18(20)21)15-6-5-12-3-1-2-4-14(12)11-15/h1-4,7-10,15H,5-6,11H2. The van der Waals surface area contributed by atoms with Crippen LogP contribution in [0.4, 0.5) is 5.69 Å². The van der Waals surface area contributed by atoms with E-state index in [-0.39, 0.29) is 17.4 Å². The quantitative estimate of drug-likeness (QED) is 0.491. The van der Waals surface area contributed by atoms with Crippen molar-refractivity contribution in [2.45, 2.75) is 19.3 Å². The third-order valence-electron chi connectivity index (χ3n) is 4.08. The molecule has 4 heteroatoms. The molecule has 0 aliphatic heterocycles. The number of benzene rings is 2. The maximum absolute atomic E-state index is 12.5. The van der Waals surface area contributed by atoms with E-state index < -0.39 is 4.92 Å². The molecule has 21 heavy (non-hydrogen) atoms. The molecule has 4 nitrogen and oxygen atoms in total. The summed E-state index contributed by atoms with van der Waals surface area (Å²) >= 11 is 0. The van der Waals surface area contributed by atoms with E-state index in [1.807, 2.05) is 12.1 Å². The van der Waals surface area contributed by atoms with Crippen molar-refractivity contribution in [2.24, 2.45) is 5.92 Å². The molecule has 0 bridgehead atoms. The number of ketones is 1. The van der Waals surface area contributed by atoms with Gasteiger partial charge in [-0.05, 0) is 42.5 Å². The van der Waals surface area contributed by atoms with Gasteiger partial charge in [0.25, 0.3) is 5.69 Å². The topological polar surface area (TPSA) is 60.2 Å². The predicted octanol–water partition coefficient (Wildman–Crippen LogP) is 3.58. The third kappa shape index (κ3) is 2.70. The van der Waals surface area contributed by atoms with E-state index in [2.05, 4.69) is 12.1 Å². The number of nitrogens with zero attached hydrogens (tertiary/aromatic N) is 1. The van der Waals surface area contributed by atoms with Gasteiger partial charge in [0.1, 0.15) is 0 Å². The lowest BCUT2D eigenvalue weighted by Gasteiger charge is -2.23. The van der Waals surface area contributed by atoms with E-state index in [0.717, 1.165) is 19.3 Å². The van der Waals surface area contributed by atoms with Crippen molar-refractivity contribution in [3.63, 3.8) is 0 Å². The van der Waals surface area contributed by atoms with Crippen LogP contribution in [0.1, 0.15) is 27.9 Å². The van der Waals surface area contributed by atoms with Crippen LogP contribution in [0.5, 0.6) is 0 Å². The second-order valence-electron chi connectivity index (χ2n) is 5.38. The van der Waals surface area contributed by atoms with E-state index >= 15 is 0 Å². The monoisotopic (exact) mass is 281 g/mol. The Bertz CT molecular complexity index is 691. The summed E-state index contributed by atoms with van der Waals surface area (Å²) in [5.74, 6) is 0.0563. The van der Waals surface area contributed by atoms with Gasteiger partial charge in [-0.15, -0.1) is 0 Å². The Morgan fingerprint density at radius 2 is 1.71 bits per heavy atom. The Kier molecular flexibility index (Phi) is 3.52. The van der Waals surface area contributed by atoms with Crippen molar-refractivity contribution < 1.29 is 9.72 Å². The van der Waals surface area contributed by atoms with Crippen molar-refractivity contribution in [1.29, 1.82) is 0 Å². The summed E-state index contributed by atoms with van der Waals surface area (Å²) < 4.78 is 0. The average molecular weight is 281 g/mol. The molecule has 0 saturated carbocycles. The summed E-state index contributed by atoms with van der Waals surface area (Å²) in [6.45, 7) is 0. The molecule has 3 rings (SSSR count). The van der Waals surface area contributed by atoms with Crippen molar-refractivity contribution in [3.8, 4) is 0 Å². The summed E-state index contributed by atoms with van der Waals surface area (Å²) in [7, 11) is 0. The zero-order valence-corrected chi connectivity index (χ0v) is 11.5. The van der Waals surface area contributed by atoms with Crippen LogP contribution in [0.3, 0.4) is 0 Å². The molecule has 0 amide bonds. The van der Waals surface area contributed by atoms with Gasteiger partial charge in [0, 0.05) is 23.6 Å². The summed E-state index contributed by atoms with van der Waals surface area (Å²) in [4.78, 5) is 22.7. The zero-order chi connectivity index (χ0) is 14.8. The van der Waals surface area contributed by atoms with Crippen LogP contribution in [0.25, 0.3) is 0 Å². The average Bonchev–Trinajstić information content (AvgIpc) is 2.54. The molecule has 1 aliphatic carbocycles. The molecule has 2 aromatic carbocycles. The molecule has 0 heterocycles. The van der Waals surface area contributed by atoms with Crippen LogP contribution < -0.4 is 0 Å². The number of non-ortho nitro benzene ring substituents is 1. The molecule has 1 unspecified atom stereocenters. The van der Waals surface area contributed by atoms with Crippen molar-refractivity contribution in [1.82, 2.24) is 0 Å². The molecular weight excluding hydrogens is 266 g/mol. The fraction of sp³-hybridized carbons (Fsp3) is 0.235. The van der Waals surface area contributed by atoms with Gasteiger partial charge >= 0.3 is 0 Å². The van der Waals surface area contributed by atoms with Gasteiger partial charge in [0.05, 0.1) is 4.92 Å². The van der Waals surface area contributed by atoms with Gasteiger partial charge in [-0.1, -0.05) is 24.3 Å². The van der Waals surface area contributed by atoms with Gasteiger partial charge < -0.3 is 0 Å². The normalized spacial score (nSPS) is 17.0. The van der Waals surface area contributed by atoms with Crippen LogP contribution in [-0.4, -0.2) is 10.7 Å². The summed E-state index contributed by atoms with van der Waals surface area (Å²) in [6, 6.07) is 14.1. The largest absolute Gasteiger partial charge is 0.294 e. The van der Waals surface area contributed by atoms with E-state index in [1.54, 1.807) is 12.1 Å². The van der Waals surface area contributed by atoms with E-state index in [4.69, 9.17) is 0 Å². The summed E-state index contributed by atoms with van der Waals surface area (Å²) in [5, 5.41) is 10.6. The van der Waals surface area contributed by atoms with E-state index in [9.17, 15) is 14.9 Å². The number of nitro groups is 1. The second-order valence-corrected chi connectivity index (χ2v) is 5.38. The molecule has 0 saturated heterocycles. The predicted molar refractivity (Wildman–Crippen MR) is 79.4 cm³/mol. The lowest BCUT2D eigenvalue weighted by atomic mass is 9.80. The van der Waals surface area contributed by atoms with E-state index in [0.29, 0.717) is 5.56 Å². The van der Waals surface area contributed by atoms with Crippen molar-refractivity contribution in [2.75, 3.05) is 0 Å². The lowest BCUT2D eigenvalue weighted by Crippen LogP contribution is -2.22. The molecular formula is C17H15NO3. The number of hydrogen-bond acceptors (Lipinski definition) is 3. The highest BCUT2D eigenvalue weighted by Crippen LogP contribution is 2.28. The maximum Gasteiger partial charge on any atom is 0.269 e. The van der Waals surface area contributed by atoms with Crippen LogP contribution in [0.2, 0.25) is 0 Å². The van der Waals surface area contributed by atoms with Crippen LogP contribution >= 0.6 is 0 Å². The molecule has 106 valence electrons. The number of carbonyl (C=O) groups is 1. The van der Waals surface area contributed by atoms with E-state index in [1.165, 1.54) is 23.3 Å². The fourth-order valence-corrected chi connectivity index (χ4v) is 2.90. The van der Waals surface area contributed by atoms with Crippen molar-refractivity contribution >= 4 is 11.5 Å². The highest BCUT2D eigenvalue weighted by atomic mass is 16.6. The third-order valence-corrected chi connectivity index (χ3v) is 4.08. The molecule has 0 fully saturated rings. The minimum atomic E-state index is -0.453. The molecule has 1 aliphatic rings. The molecule has 0 N–H and O–H groups in total. The SMILES string of the molecule is O=C(c1ccc([N+](=O)[O-])cc1)C1CCc2ccccc2C1. The smallest absolute Gasteiger partial charge is 0.269 e. The first-order valence-corrected chi connectivity index (χ1v) is 7.00. The number of aryl methyl sites for hydroxylation is 1. The zero-order valence-electron chi connectivity index (χ0n) is 11.5. The van der Waals surface area contributed by atoms with Crippen LogP contribution in [0, 0.1) is 16.0 Å². The number of hydrogen-bond donors (Lipinski definition) is 0. The molecule has 0 aromatic heterocycles. The molecule has 1 atom stereocenters. The minimum Gasteiger partial charge on any atom is -0.294 e. The number of carbonyl (C=O) groups excluding carboxylic acids is 1. The fourth-order valence-electron chi connectivity index (χ4n) is 2.90.